The maximum atomic E-state index is 14.4. The van der Waals surface area contributed by atoms with Crippen LogP contribution in [0.3, 0.4) is 0 Å². The second-order valence-corrected chi connectivity index (χ2v) is 10.3. The molecular formula is C20H24BrClFNO2S. The van der Waals surface area contributed by atoms with Gasteiger partial charge >= 0.3 is 0 Å². The molecule has 0 saturated carbocycles. The third kappa shape index (κ3) is 5.76. The van der Waals surface area contributed by atoms with E-state index >= 15 is 0 Å². The minimum Gasteiger partial charge on any atom is -0.207 e. The molecule has 0 saturated heterocycles. The molecule has 0 fully saturated rings. The summed E-state index contributed by atoms with van der Waals surface area (Å²) in [6, 6.07) is 12.0. The SMILES string of the molecule is CC(C)C[C@H](CCc1ccccc1)N(C)S(=O)(=O)c1cc(Br)c(Cl)cc1F. The molecule has 3 nitrogen and oxygen atoms in total. The standard InChI is InChI=1S/C20H24BrClFNO2S/c1-14(2)11-16(10-9-15-7-5-4-6-8-15)24(3)27(25,26)20-12-17(21)18(22)13-19(20)23/h4-8,12-14,16H,9-11H2,1-3H3/t16-/m0/s1. The lowest BCUT2D eigenvalue weighted by Crippen LogP contribution is -2.38. The smallest absolute Gasteiger partial charge is 0.207 e. The van der Waals surface area contributed by atoms with Crippen LogP contribution in [-0.2, 0) is 16.4 Å². The molecule has 2 aromatic rings. The number of sulfonamides is 1. The van der Waals surface area contributed by atoms with Gasteiger partial charge in [-0.25, -0.2) is 12.8 Å². The van der Waals surface area contributed by atoms with E-state index in [1.165, 1.54) is 17.4 Å². The van der Waals surface area contributed by atoms with Crippen molar-refractivity contribution in [3.63, 3.8) is 0 Å². The lowest BCUT2D eigenvalue weighted by Gasteiger charge is -2.29. The Morgan fingerprint density at radius 2 is 1.81 bits per heavy atom. The van der Waals surface area contributed by atoms with Crippen LogP contribution < -0.4 is 0 Å². The van der Waals surface area contributed by atoms with E-state index in [1.54, 1.807) is 0 Å². The Bertz CT molecular complexity index is 875. The first-order chi connectivity index (χ1) is 12.6. The average Bonchev–Trinajstić information content (AvgIpc) is 2.61. The number of nitrogens with zero attached hydrogens (tertiary/aromatic N) is 1. The highest BCUT2D eigenvalue weighted by Gasteiger charge is 2.31. The molecule has 0 radical (unpaired) electrons. The van der Waals surface area contributed by atoms with Gasteiger partial charge in [-0.2, -0.15) is 4.31 Å². The van der Waals surface area contributed by atoms with Crippen LogP contribution in [0.2, 0.25) is 5.02 Å². The van der Waals surface area contributed by atoms with Crippen molar-refractivity contribution in [2.75, 3.05) is 7.05 Å². The van der Waals surface area contributed by atoms with Crippen LogP contribution in [-0.4, -0.2) is 25.8 Å². The van der Waals surface area contributed by atoms with Crippen molar-refractivity contribution >= 4 is 37.6 Å². The maximum Gasteiger partial charge on any atom is 0.246 e. The van der Waals surface area contributed by atoms with E-state index in [9.17, 15) is 12.8 Å². The molecule has 0 spiro atoms. The molecule has 2 rings (SSSR count). The Labute approximate surface area is 174 Å². The molecule has 0 amide bonds. The summed E-state index contributed by atoms with van der Waals surface area (Å²) >= 11 is 9.05. The summed E-state index contributed by atoms with van der Waals surface area (Å²) in [5.74, 6) is -0.536. The molecule has 2 aromatic carbocycles. The van der Waals surface area contributed by atoms with Crippen molar-refractivity contribution in [3.8, 4) is 0 Å². The van der Waals surface area contributed by atoms with Gasteiger partial charge in [-0.05, 0) is 58.8 Å². The molecule has 0 unspecified atom stereocenters. The fourth-order valence-corrected chi connectivity index (χ4v) is 5.14. The molecule has 7 heteroatoms. The Kier molecular flexibility index (Phi) is 7.86. The number of aryl methyl sites for hydroxylation is 1. The quantitative estimate of drug-likeness (QED) is 0.444. The predicted molar refractivity (Wildman–Crippen MR) is 112 cm³/mol. The number of halogens is 3. The minimum atomic E-state index is -3.99. The normalized spacial score (nSPS) is 13.3. The summed E-state index contributed by atoms with van der Waals surface area (Å²) in [6.45, 7) is 4.10. The number of hydrogen-bond acceptors (Lipinski definition) is 2. The largest absolute Gasteiger partial charge is 0.246 e. The van der Waals surface area contributed by atoms with E-state index in [-0.39, 0.29) is 16.0 Å². The summed E-state index contributed by atoms with van der Waals surface area (Å²) in [4.78, 5) is -0.366. The molecule has 148 valence electrons. The number of benzene rings is 2. The zero-order valence-corrected chi connectivity index (χ0v) is 18.8. The van der Waals surface area contributed by atoms with E-state index in [0.29, 0.717) is 23.2 Å². The van der Waals surface area contributed by atoms with Gasteiger partial charge in [0.15, 0.2) is 0 Å². The van der Waals surface area contributed by atoms with E-state index in [0.717, 1.165) is 18.1 Å². The highest BCUT2D eigenvalue weighted by Crippen LogP contribution is 2.31. The Morgan fingerprint density at radius 3 is 2.41 bits per heavy atom. The van der Waals surface area contributed by atoms with Gasteiger partial charge in [-0.15, -0.1) is 0 Å². The van der Waals surface area contributed by atoms with Crippen molar-refractivity contribution in [1.82, 2.24) is 4.31 Å². The highest BCUT2D eigenvalue weighted by molar-refractivity contribution is 9.10. The van der Waals surface area contributed by atoms with Gasteiger partial charge in [0.05, 0.1) is 5.02 Å². The molecule has 0 aliphatic carbocycles. The molecular weight excluding hydrogens is 453 g/mol. The first-order valence-electron chi connectivity index (χ1n) is 8.79. The Morgan fingerprint density at radius 1 is 1.19 bits per heavy atom. The maximum absolute atomic E-state index is 14.4. The van der Waals surface area contributed by atoms with Crippen molar-refractivity contribution in [1.29, 1.82) is 0 Å². The first kappa shape index (κ1) is 22.3. The lowest BCUT2D eigenvalue weighted by atomic mass is 9.97. The zero-order valence-electron chi connectivity index (χ0n) is 15.6. The van der Waals surface area contributed by atoms with Crippen molar-refractivity contribution in [2.45, 2.75) is 44.0 Å². The fourth-order valence-electron chi connectivity index (χ4n) is 3.02. The summed E-state index contributed by atoms with van der Waals surface area (Å²) < 4.78 is 42.1. The van der Waals surface area contributed by atoms with Gasteiger partial charge in [0, 0.05) is 17.6 Å². The molecule has 27 heavy (non-hydrogen) atoms. The summed E-state index contributed by atoms with van der Waals surface area (Å²) in [6.07, 6.45) is 2.11. The first-order valence-corrected chi connectivity index (χ1v) is 11.4. The van der Waals surface area contributed by atoms with E-state index in [4.69, 9.17) is 11.6 Å². The van der Waals surface area contributed by atoms with Crippen LogP contribution in [0.4, 0.5) is 4.39 Å². The predicted octanol–water partition coefficient (Wildman–Crippen LogP) is 5.91. The van der Waals surface area contributed by atoms with Gasteiger partial charge in [-0.1, -0.05) is 55.8 Å². The molecule has 0 aliphatic rings. The zero-order chi connectivity index (χ0) is 20.2. The van der Waals surface area contributed by atoms with Crippen molar-refractivity contribution in [2.24, 2.45) is 5.92 Å². The van der Waals surface area contributed by atoms with Crippen molar-refractivity contribution < 1.29 is 12.8 Å². The molecule has 1 atom stereocenters. The molecule has 0 aromatic heterocycles. The third-order valence-electron chi connectivity index (χ3n) is 4.50. The third-order valence-corrected chi connectivity index (χ3v) is 7.62. The minimum absolute atomic E-state index is 0.136. The van der Waals surface area contributed by atoms with E-state index in [1.807, 2.05) is 30.3 Å². The van der Waals surface area contributed by atoms with Gasteiger partial charge in [-0.3, -0.25) is 0 Å². The second-order valence-electron chi connectivity index (χ2n) is 7.03. The van der Waals surface area contributed by atoms with Gasteiger partial charge in [0.2, 0.25) is 10.0 Å². The Balaban J connectivity index is 2.30. The Hall–Kier alpha value is -0.950. The molecule has 0 heterocycles. The molecule has 0 aliphatic heterocycles. The molecule has 0 N–H and O–H groups in total. The summed E-state index contributed by atoms with van der Waals surface area (Å²) in [5, 5.41) is 0.136. The monoisotopic (exact) mass is 475 g/mol. The van der Waals surface area contributed by atoms with E-state index < -0.39 is 15.8 Å². The number of hydrogen-bond donors (Lipinski definition) is 0. The summed E-state index contributed by atoms with van der Waals surface area (Å²) in [5.41, 5.74) is 1.15. The fraction of sp³-hybridized carbons (Fsp3) is 0.400. The second kappa shape index (κ2) is 9.50. The van der Waals surface area contributed by atoms with Crippen molar-refractivity contribution in [3.05, 3.63) is 63.3 Å². The average molecular weight is 477 g/mol. The van der Waals surface area contributed by atoms with Crippen LogP contribution in [0.25, 0.3) is 0 Å². The molecule has 0 bridgehead atoms. The van der Waals surface area contributed by atoms with Gasteiger partial charge in [0.1, 0.15) is 10.7 Å². The van der Waals surface area contributed by atoms with Gasteiger partial charge in [0.25, 0.3) is 0 Å². The number of rotatable bonds is 8. The van der Waals surface area contributed by atoms with Crippen LogP contribution in [0.1, 0.15) is 32.3 Å². The van der Waals surface area contributed by atoms with Crippen LogP contribution in [0, 0.1) is 11.7 Å². The van der Waals surface area contributed by atoms with E-state index in [2.05, 4.69) is 29.8 Å². The van der Waals surface area contributed by atoms with Crippen LogP contribution >= 0.6 is 27.5 Å². The summed E-state index contributed by atoms with van der Waals surface area (Å²) in [7, 11) is -2.47. The lowest BCUT2D eigenvalue weighted by molar-refractivity contribution is 0.301. The van der Waals surface area contributed by atoms with Gasteiger partial charge < -0.3 is 0 Å². The topological polar surface area (TPSA) is 37.4 Å². The van der Waals surface area contributed by atoms with Crippen LogP contribution in [0.5, 0.6) is 0 Å². The highest BCUT2D eigenvalue weighted by atomic mass is 79.9. The van der Waals surface area contributed by atoms with Crippen LogP contribution in [0.15, 0.2) is 51.8 Å².